The number of hydrogen-bond acceptors (Lipinski definition) is 3. The third-order valence-corrected chi connectivity index (χ3v) is 4.19. The molecule has 0 saturated carbocycles. The van der Waals surface area contributed by atoms with Gasteiger partial charge in [0.2, 0.25) is 0 Å². The number of benzene rings is 1. The Labute approximate surface area is 136 Å². The van der Waals surface area contributed by atoms with Crippen LogP contribution >= 0.6 is 0 Å². The van der Waals surface area contributed by atoms with E-state index in [1.807, 2.05) is 0 Å². The van der Waals surface area contributed by atoms with E-state index in [2.05, 4.69) is 0 Å². The standard InChI is InChI=1S/C17H16F3NO3/c1-16(2)15(23)14(21-8-4-3-5-13(21)22)11-9-10(17(18,19)20)6-7-12(11)24-16/h3-9,14-15,23H,1-2H3/t14-,15+/m1/s1. The third-order valence-electron chi connectivity index (χ3n) is 4.19. The van der Waals surface area contributed by atoms with Gasteiger partial charge in [-0.3, -0.25) is 4.79 Å². The van der Waals surface area contributed by atoms with Crippen molar-refractivity contribution < 1.29 is 23.0 Å². The van der Waals surface area contributed by atoms with Crippen LogP contribution in [-0.4, -0.2) is 21.4 Å². The van der Waals surface area contributed by atoms with Crippen molar-refractivity contribution in [3.8, 4) is 5.75 Å². The van der Waals surface area contributed by atoms with Crippen molar-refractivity contribution in [3.63, 3.8) is 0 Å². The molecule has 0 amide bonds. The topological polar surface area (TPSA) is 51.5 Å². The van der Waals surface area contributed by atoms with E-state index in [-0.39, 0.29) is 11.3 Å². The van der Waals surface area contributed by atoms with Crippen molar-refractivity contribution >= 4 is 0 Å². The summed E-state index contributed by atoms with van der Waals surface area (Å²) in [6, 6.07) is 6.52. The summed E-state index contributed by atoms with van der Waals surface area (Å²) in [7, 11) is 0. The molecular formula is C17H16F3NO3. The molecule has 0 aliphatic carbocycles. The van der Waals surface area contributed by atoms with Gasteiger partial charge in [-0.25, -0.2) is 0 Å². The molecule has 2 atom stereocenters. The van der Waals surface area contributed by atoms with Gasteiger partial charge < -0.3 is 14.4 Å². The van der Waals surface area contributed by atoms with Gasteiger partial charge in [0.25, 0.3) is 5.56 Å². The lowest BCUT2D eigenvalue weighted by Crippen LogP contribution is -2.52. The zero-order valence-corrected chi connectivity index (χ0v) is 13.0. The average molecular weight is 339 g/mol. The molecule has 1 aromatic carbocycles. The summed E-state index contributed by atoms with van der Waals surface area (Å²) in [6.45, 7) is 3.25. The number of hydrogen-bond donors (Lipinski definition) is 1. The van der Waals surface area contributed by atoms with Gasteiger partial charge in [-0.1, -0.05) is 6.07 Å². The minimum absolute atomic E-state index is 0.130. The number of fused-ring (bicyclic) bond motifs is 1. The van der Waals surface area contributed by atoms with Gasteiger partial charge in [0, 0.05) is 17.8 Å². The fraction of sp³-hybridized carbons (Fsp3) is 0.353. The van der Waals surface area contributed by atoms with Crippen LogP contribution in [0.25, 0.3) is 0 Å². The van der Waals surface area contributed by atoms with Crippen molar-refractivity contribution in [2.24, 2.45) is 0 Å². The van der Waals surface area contributed by atoms with Gasteiger partial charge in [0.05, 0.1) is 11.6 Å². The predicted molar refractivity (Wildman–Crippen MR) is 81.0 cm³/mol. The number of rotatable bonds is 1. The summed E-state index contributed by atoms with van der Waals surface area (Å²) in [5.74, 6) is 0.221. The van der Waals surface area contributed by atoms with E-state index in [0.717, 1.165) is 12.1 Å². The first-order valence-corrected chi connectivity index (χ1v) is 7.36. The number of alkyl halides is 3. The second-order valence-electron chi connectivity index (χ2n) is 6.29. The van der Waals surface area contributed by atoms with E-state index in [1.54, 1.807) is 19.9 Å². The van der Waals surface area contributed by atoms with E-state index >= 15 is 0 Å². The molecule has 3 rings (SSSR count). The first kappa shape index (κ1) is 16.6. The highest BCUT2D eigenvalue weighted by molar-refractivity contribution is 5.44. The van der Waals surface area contributed by atoms with Crippen molar-refractivity contribution in [3.05, 3.63) is 64.1 Å². The molecule has 0 saturated heterocycles. The Morgan fingerprint density at radius 3 is 2.54 bits per heavy atom. The van der Waals surface area contributed by atoms with E-state index in [4.69, 9.17) is 4.74 Å². The lowest BCUT2D eigenvalue weighted by Gasteiger charge is -2.42. The van der Waals surface area contributed by atoms with Gasteiger partial charge in [0.1, 0.15) is 17.5 Å². The highest BCUT2D eigenvalue weighted by atomic mass is 19.4. The summed E-state index contributed by atoms with van der Waals surface area (Å²) in [5, 5.41) is 10.6. The van der Waals surface area contributed by atoms with Crippen LogP contribution in [0, 0.1) is 0 Å². The second kappa shape index (κ2) is 5.37. The van der Waals surface area contributed by atoms with Gasteiger partial charge in [0.15, 0.2) is 0 Å². The molecule has 128 valence electrons. The molecule has 0 unspecified atom stereocenters. The quantitative estimate of drug-likeness (QED) is 0.869. The Hall–Kier alpha value is -2.28. The molecule has 1 aromatic heterocycles. The summed E-state index contributed by atoms with van der Waals surface area (Å²) in [4.78, 5) is 12.2. The van der Waals surface area contributed by atoms with Crippen LogP contribution in [0.15, 0.2) is 47.4 Å². The van der Waals surface area contributed by atoms with Crippen LogP contribution in [-0.2, 0) is 6.18 Å². The molecule has 2 aromatic rings. The first-order valence-electron chi connectivity index (χ1n) is 7.36. The van der Waals surface area contributed by atoms with Crippen LogP contribution < -0.4 is 10.3 Å². The zero-order chi connectivity index (χ0) is 17.7. The van der Waals surface area contributed by atoms with Crippen molar-refractivity contribution in [2.75, 3.05) is 0 Å². The van der Waals surface area contributed by atoms with E-state index in [9.17, 15) is 23.1 Å². The van der Waals surface area contributed by atoms with E-state index < -0.39 is 35.0 Å². The predicted octanol–water partition coefficient (Wildman–Crippen LogP) is 2.99. The number of aromatic nitrogens is 1. The minimum Gasteiger partial charge on any atom is -0.485 e. The normalized spacial score (nSPS) is 22.6. The maximum atomic E-state index is 13.0. The molecule has 0 fully saturated rings. The molecule has 7 heteroatoms. The molecule has 0 radical (unpaired) electrons. The zero-order valence-electron chi connectivity index (χ0n) is 13.0. The molecule has 2 heterocycles. The number of pyridine rings is 1. The van der Waals surface area contributed by atoms with Crippen molar-refractivity contribution in [1.29, 1.82) is 0 Å². The lowest BCUT2D eigenvalue weighted by molar-refractivity contribution is -0.137. The fourth-order valence-electron chi connectivity index (χ4n) is 2.91. The van der Waals surface area contributed by atoms with Crippen LogP contribution in [0.4, 0.5) is 13.2 Å². The maximum Gasteiger partial charge on any atom is 0.416 e. The highest BCUT2D eigenvalue weighted by Crippen LogP contribution is 2.43. The summed E-state index contributed by atoms with van der Waals surface area (Å²) in [6.07, 6.45) is -4.28. The summed E-state index contributed by atoms with van der Waals surface area (Å²) in [5.41, 5.74) is -2.20. The fourth-order valence-corrected chi connectivity index (χ4v) is 2.91. The number of aliphatic hydroxyl groups excluding tert-OH is 1. The van der Waals surface area contributed by atoms with Crippen LogP contribution in [0.2, 0.25) is 0 Å². The molecule has 24 heavy (non-hydrogen) atoms. The molecule has 1 aliphatic heterocycles. The summed E-state index contributed by atoms with van der Waals surface area (Å²) < 4.78 is 46.0. The minimum atomic E-state index is -4.53. The van der Waals surface area contributed by atoms with Gasteiger partial charge >= 0.3 is 6.18 Å². The van der Waals surface area contributed by atoms with Crippen LogP contribution in [0.1, 0.15) is 31.0 Å². The largest absolute Gasteiger partial charge is 0.485 e. The molecule has 1 aliphatic rings. The van der Waals surface area contributed by atoms with E-state index in [0.29, 0.717) is 0 Å². The van der Waals surface area contributed by atoms with Crippen LogP contribution in [0.5, 0.6) is 5.75 Å². The molecular weight excluding hydrogens is 323 g/mol. The first-order chi connectivity index (χ1) is 11.1. The third kappa shape index (κ3) is 2.69. The Bertz CT molecular complexity index is 826. The van der Waals surface area contributed by atoms with Gasteiger partial charge in [-0.05, 0) is 38.1 Å². The van der Waals surface area contributed by atoms with Crippen LogP contribution in [0.3, 0.4) is 0 Å². The molecule has 4 nitrogen and oxygen atoms in total. The van der Waals surface area contributed by atoms with Crippen molar-refractivity contribution in [2.45, 2.75) is 37.8 Å². The lowest BCUT2D eigenvalue weighted by atomic mass is 9.85. The number of ether oxygens (including phenoxy) is 1. The Morgan fingerprint density at radius 2 is 1.92 bits per heavy atom. The Kier molecular flexibility index (Phi) is 3.71. The average Bonchev–Trinajstić information content (AvgIpc) is 2.48. The molecule has 0 spiro atoms. The Balaban J connectivity index is 2.25. The Morgan fingerprint density at radius 1 is 1.21 bits per heavy atom. The smallest absolute Gasteiger partial charge is 0.416 e. The SMILES string of the molecule is CC1(C)Oc2ccc(C(F)(F)F)cc2[C@@H](n2ccccc2=O)[C@@H]1O. The number of aliphatic hydroxyl groups is 1. The van der Waals surface area contributed by atoms with Gasteiger partial charge in [-0.15, -0.1) is 0 Å². The van der Waals surface area contributed by atoms with E-state index in [1.165, 1.54) is 29.0 Å². The molecule has 0 bridgehead atoms. The summed E-state index contributed by atoms with van der Waals surface area (Å²) >= 11 is 0. The van der Waals surface area contributed by atoms with Gasteiger partial charge in [-0.2, -0.15) is 13.2 Å². The second-order valence-corrected chi connectivity index (χ2v) is 6.29. The maximum absolute atomic E-state index is 13.0. The highest BCUT2D eigenvalue weighted by Gasteiger charge is 2.45. The number of halogens is 3. The monoisotopic (exact) mass is 339 g/mol. The molecule has 1 N–H and O–H groups in total. The van der Waals surface area contributed by atoms with Crippen molar-refractivity contribution in [1.82, 2.24) is 4.57 Å². The number of nitrogens with zero attached hydrogens (tertiary/aromatic N) is 1.